The summed E-state index contributed by atoms with van der Waals surface area (Å²) >= 11 is 0. The van der Waals surface area contributed by atoms with Crippen molar-refractivity contribution >= 4 is 11.8 Å². The molecule has 1 aliphatic rings. The van der Waals surface area contributed by atoms with E-state index in [1.54, 1.807) is 18.0 Å². The number of carbonyl (C=O) groups excluding carboxylic acids is 2. The molecular weight excluding hydrogens is 326 g/mol. The number of nitrogens with zero attached hydrogens (tertiary/aromatic N) is 2. The molecule has 0 saturated heterocycles. The maximum absolute atomic E-state index is 12.7. The predicted molar refractivity (Wildman–Crippen MR) is 101 cm³/mol. The molecule has 0 bridgehead atoms. The van der Waals surface area contributed by atoms with E-state index >= 15 is 0 Å². The summed E-state index contributed by atoms with van der Waals surface area (Å²) in [5, 5.41) is 3.07. The summed E-state index contributed by atoms with van der Waals surface area (Å²) in [6.45, 7) is 0.512. The number of benzene rings is 1. The van der Waals surface area contributed by atoms with Crippen LogP contribution in [0.15, 0.2) is 48.8 Å². The smallest absolute Gasteiger partial charge is 0.255 e. The van der Waals surface area contributed by atoms with Crippen LogP contribution >= 0.6 is 0 Å². The van der Waals surface area contributed by atoms with Gasteiger partial charge in [0, 0.05) is 32.0 Å². The van der Waals surface area contributed by atoms with Crippen molar-refractivity contribution in [2.24, 2.45) is 0 Å². The molecule has 136 valence electrons. The van der Waals surface area contributed by atoms with Crippen molar-refractivity contribution in [3.05, 3.63) is 65.5 Å². The van der Waals surface area contributed by atoms with Gasteiger partial charge in [0.2, 0.25) is 0 Å². The van der Waals surface area contributed by atoms with Crippen LogP contribution in [0.5, 0.6) is 0 Å². The average Bonchev–Trinajstić information content (AvgIpc) is 2.69. The van der Waals surface area contributed by atoms with Crippen LogP contribution in [-0.4, -0.2) is 34.8 Å². The summed E-state index contributed by atoms with van der Waals surface area (Å²) in [6, 6.07) is 11.7. The summed E-state index contributed by atoms with van der Waals surface area (Å²) < 4.78 is 0. The van der Waals surface area contributed by atoms with Crippen molar-refractivity contribution in [2.45, 2.75) is 44.7 Å². The molecule has 1 aromatic carbocycles. The first kappa shape index (κ1) is 18.1. The van der Waals surface area contributed by atoms with Crippen molar-refractivity contribution < 1.29 is 9.59 Å². The molecular formula is C21H25N3O2. The maximum atomic E-state index is 12.7. The van der Waals surface area contributed by atoms with E-state index in [1.807, 2.05) is 30.3 Å². The third-order valence-corrected chi connectivity index (χ3v) is 4.80. The average molecular weight is 351 g/mol. The highest BCUT2D eigenvalue weighted by Gasteiger charge is 2.19. The first-order valence-electron chi connectivity index (χ1n) is 9.19. The van der Waals surface area contributed by atoms with E-state index in [4.69, 9.17) is 0 Å². The van der Waals surface area contributed by atoms with Gasteiger partial charge in [0.1, 0.15) is 0 Å². The Labute approximate surface area is 154 Å². The molecule has 1 heterocycles. The van der Waals surface area contributed by atoms with Crippen LogP contribution in [0.2, 0.25) is 0 Å². The molecule has 1 fully saturated rings. The van der Waals surface area contributed by atoms with E-state index in [1.165, 1.54) is 18.8 Å². The van der Waals surface area contributed by atoms with Crippen LogP contribution in [0.4, 0.5) is 0 Å². The Balaban J connectivity index is 1.65. The Hall–Kier alpha value is -2.69. The molecule has 0 aliphatic heterocycles. The van der Waals surface area contributed by atoms with Crippen molar-refractivity contribution in [3.8, 4) is 0 Å². The second kappa shape index (κ2) is 8.61. The predicted octanol–water partition coefficient (Wildman–Crippen LogP) is 3.42. The highest BCUT2D eigenvalue weighted by Crippen LogP contribution is 2.18. The second-order valence-electron chi connectivity index (χ2n) is 6.92. The van der Waals surface area contributed by atoms with Crippen LogP contribution in [0.1, 0.15) is 58.4 Å². The van der Waals surface area contributed by atoms with Gasteiger partial charge in [-0.05, 0) is 24.5 Å². The minimum atomic E-state index is -0.148. The molecule has 5 nitrogen and oxygen atoms in total. The Bertz CT molecular complexity index is 755. The largest absolute Gasteiger partial charge is 0.349 e. The summed E-state index contributed by atoms with van der Waals surface area (Å²) in [4.78, 5) is 30.9. The molecule has 1 aromatic heterocycles. The lowest BCUT2D eigenvalue weighted by molar-refractivity contribution is 0.0784. The van der Waals surface area contributed by atoms with E-state index in [0.29, 0.717) is 17.7 Å². The second-order valence-corrected chi connectivity index (χ2v) is 6.92. The molecule has 0 unspecified atom stereocenters. The van der Waals surface area contributed by atoms with E-state index < -0.39 is 0 Å². The van der Waals surface area contributed by atoms with Crippen LogP contribution < -0.4 is 5.32 Å². The summed E-state index contributed by atoms with van der Waals surface area (Å²) in [7, 11) is 1.75. The lowest BCUT2D eigenvalue weighted by Crippen LogP contribution is -2.36. The molecule has 0 spiro atoms. The normalized spacial score (nSPS) is 14.7. The molecule has 0 atom stereocenters. The number of aromatic nitrogens is 1. The molecule has 2 amide bonds. The zero-order valence-corrected chi connectivity index (χ0v) is 15.1. The number of carbonyl (C=O) groups is 2. The lowest BCUT2D eigenvalue weighted by atomic mass is 9.95. The topological polar surface area (TPSA) is 62.3 Å². The van der Waals surface area contributed by atoms with Gasteiger partial charge in [-0.1, -0.05) is 49.6 Å². The third kappa shape index (κ3) is 4.69. The number of hydrogen-bond donors (Lipinski definition) is 1. The molecule has 3 rings (SSSR count). The van der Waals surface area contributed by atoms with Gasteiger partial charge in [0.25, 0.3) is 11.8 Å². The van der Waals surface area contributed by atoms with E-state index in [0.717, 1.165) is 31.2 Å². The fraction of sp³-hybridized carbons (Fsp3) is 0.381. The van der Waals surface area contributed by atoms with Crippen molar-refractivity contribution in [1.82, 2.24) is 15.2 Å². The SMILES string of the molecule is CN(Cc1ccccc1)C(=O)c1cncc(C(=O)NC2CCCCC2)c1. The number of amides is 2. The quantitative estimate of drug-likeness (QED) is 0.898. The molecule has 0 radical (unpaired) electrons. The fourth-order valence-electron chi connectivity index (χ4n) is 3.35. The van der Waals surface area contributed by atoms with Gasteiger partial charge in [-0.3, -0.25) is 14.6 Å². The first-order valence-corrected chi connectivity index (χ1v) is 9.19. The minimum absolute atomic E-state index is 0.145. The summed E-state index contributed by atoms with van der Waals surface area (Å²) in [5.41, 5.74) is 1.93. The van der Waals surface area contributed by atoms with Gasteiger partial charge in [-0.25, -0.2) is 0 Å². The number of hydrogen-bond acceptors (Lipinski definition) is 3. The van der Waals surface area contributed by atoms with Crippen LogP contribution in [0.25, 0.3) is 0 Å². The molecule has 2 aromatic rings. The number of nitrogens with one attached hydrogen (secondary N) is 1. The monoisotopic (exact) mass is 351 g/mol. The van der Waals surface area contributed by atoms with Crippen molar-refractivity contribution in [2.75, 3.05) is 7.05 Å². The van der Waals surface area contributed by atoms with Crippen LogP contribution in [-0.2, 0) is 6.54 Å². The van der Waals surface area contributed by atoms with Crippen molar-refractivity contribution in [3.63, 3.8) is 0 Å². The fourth-order valence-corrected chi connectivity index (χ4v) is 3.35. The third-order valence-electron chi connectivity index (χ3n) is 4.80. The standard InChI is InChI=1S/C21H25N3O2/c1-24(15-16-8-4-2-5-9-16)21(26)18-12-17(13-22-14-18)20(25)23-19-10-6-3-7-11-19/h2,4-5,8-9,12-14,19H,3,6-7,10-11,15H2,1H3,(H,23,25). The zero-order chi connectivity index (χ0) is 18.4. The number of pyridine rings is 1. The summed E-state index contributed by atoms with van der Waals surface area (Å²) in [6.07, 6.45) is 8.65. The van der Waals surface area contributed by atoms with Gasteiger partial charge >= 0.3 is 0 Å². The molecule has 1 N–H and O–H groups in total. The van der Waals surface area contributed by atoms with Gasteiger partial charge in [0.15, 0.2) is 0 Å². The highest BCUT2D eigenvalue weighted by molar-refractivity contribution is 5.99. The van der Waals surface area contributed by atoms with Crippen molar-refractivity contribution in [1.29, 1.82) is 0 Å². The number of rotatable bonds is 5. The zero-order valence-electron chi connectivity index (χ0n) is 15.1. The molecule has 26 heavy (non-hydrogen) atoms. The maximum Gasteiger partial charge on any atom is 0.255 e. The Morgan fingerprint density at radius 1 is 1.08 bits per heavy atom. The van der Waals surface area contributed by atoms with E-state index in [9.17, 15) is 9.59 Å². The van der Waals surface area contributed by atoms with E-state index in [-0.39, 0.29) is 17.9 Å². The Morgan fingerprint density at radius 2 is 1.77 bits per heavy atom. The van der Waals surface area contributed by atoms with Crippen LogP contribution in [0.3, 0.4) is 0 Å². The summed E-state index contributed by atoms with van der Waals surface area (Å²) in [5.74, 6) is -0.293. The van der Waals surface area contributed by atoms with E-state index in [2.05, 4.69) is 10.3 Å². The Kier molecular flexibility index (Phi) is 6.00. The first-order chi connectivity index (χ1) is 12.6. The molecule has 1 aliphatic carbocycles. The van der Waals surface area contributed by atoms with Crippen LogP contribution in [0, 0.1) is 0 Å². The van der Waals surface area contributed by atoms with Gasteiger partial charge in [-0.15, -0.1) is 0 Å². The van der Waals surface area contributed by atoms with Gasteiger partial charge in [0.05, 0.1) is 11.1 Å². The Morgan fingerprint density at radius 3 is 2.50 bits per heavy atom. The lowest BCUT2D eigenvalue weighted by Gasteiger charge is -2.23. The van der Waals surface area contributed by atoms with Gasteiger partial charge < -0.3 is 10.2 Å². The molecule has 5 heteroatoms. The highest BCUT2D eigenvalue weighted by atomic mass is 16.2. The van der Waals surface area contributed by atoms with Gasteiger partial charge in [-0.2, -0.15) is 0 Å². The molecule has 1 saturated carbocycles. The minimum Gasteiger partial charge on any atom is -0.349 e.